The van der Waals surface area contributed by atoms with Crippen LogP contribution in [0.1, 0.15) is 96.8 Å². The van der Waals surface area contributed by atoms with E-state index in [0.717, 1.165) is 38.5 Å². The zero-order valence-electron chi connectivity index (χ0n) is 19.1. The first-order chi connectivity index (χ1) is 14.9. The molecule has 0 unspecified atom stereocenters. The van der Waals surface area contributed by atoms with Gasteiger partial charge in [-0.15, -0.1) is 0 Å². The first-order valence-corrected chi connectivity index (χ1v) is 11.9. The average molecular weight is 445 g/mol. The Balaban J connectivity index is 3.74. The minimum absolute atomic E-state index is 0.0284. The number of unbranched alkanes of at least 4 members (excludes halogenated alkanes) is 11. The van der Waals surface area contributed by atoms with Crippen molar-refractivity contribution in [2.24, 2.45) is 0 Å². The topological polar surface area (TPSA) is 135 Å². The van der Waals surface area contributed by atoms with Crippen LogP contribution >= 0.6 is 0 Å². The summed E-state index contributed by atoms with van der Waals surface area (Å²) in [4.78, 5) is 23.7. The number of aliphatic hydroxyl groups is 5. The monoisotopic (exact) mass is 444 g/mol. The Labute approximate surface area is 187 Å². The lowest BCUT2D eigenvalue weighted by molar-refractivity contribution is -0.154. The Morgan fingerprint density at radius 2 is 1.19 bits per heavy atom. The van der Waals surface area contributed by atoms with Gasteiger partial charge in [0.1, 0.15) is 24.4 Å². The van der Waals surface area contributed by atoms with E-state index in [1.54, 1.807) is 0 Å². The molecule has 5 N–H and O–H groups in total. The van der Waals surface area contributed by atoms with E-state index in [0.29, 0.717) is 6.42 Å². The lowest BCUT2D eigenvalue weighted by atomic mass is 9.96. The third-order valence-electron chi connectivity index (χ3n) is 5.46. The molecule has 0 radical (unpaired) electrons. The van der Waals surface area contributed by atoms with Gasteiger partial charge in [-0.05, 0) is 32.1 Å². The summed E-state index contributed by atoms with van der Waals surface area (Å²) in [7, 11) is 0. The van der Waals surface area contributed by atoms with Gasteiger partial charge in [-0.3, -0.25) is 9.59 Å². The number of hydrogen-bond donors (Lipinski definition) is 5. The van der Waals surface area contributed by atoms with Crippen molar-refractivity contribution in [2.75, 3.05) is 6.61 Å². The SMILES string of the molecule is CCCCCCCC/C=C\CCCCCCCC(=O)C(=O)[C@H](O)[C@@H](O)[C@H](O)[C@@H](O)CO. The molecule has 0 saturated carbocycles. The summed E-state index contributed by atoms with van der Waals surface area (Å²) >= 11 is 0. The van der Waals surface area contributed by atoms with Crippen molar-refractivity contribution in [3.8, 4) is 0 Å². The van der Waals surface area contributed by atoms with E-state index in [-0.39, 0.29) is 6.42 Å². The van der Waals surface area contributed by atoms with Crippen LogP contribution in [-0.2, 0) is 9.59 Å². The first-order valence-electron chi connectivity index (χ1n) is 11.9. The van der Waals surface area contributed by atoms with Crippen LogP contribution in [0.25, 0.3) is 0 Å². The van der Waals surface area contributed by atoms with E-state index in [9.17, 15) is 30.0 Å². The highest BCUT2D eigenvalue weighted by atomic mass is 16.4. The highest BCUT2D eigenvalue weighted by Crippen LogP contribution is 2.12. The Morgan fingerprint density at radius 3 is 1.71 bits per heavy atom. The fourth-order valence-corrected chi connectivity index (χ4v) is 3.32. The Bertz CT molecular complexity index is 492. The fraction of sp³-hybridized carbons (Fsp3) is 0.833. The third-order valence-corrected chi connectivity index (χ3v) is 5.46. The van der Waals surface area contributed by atoms with Crippen molar-refractivity contribution >= 4 is 11.6 Å². The van der Waals surface area contributed by atoms with Gasteiger partial charge in [0, 0.05) is 6.42 Å². The third kappa shape index (κ3) is 14.5. The lowest BCUT2D eigenvalue weighted by Gasteiger charge is -2.24. The summed E-state index contributed by atoms with van der Waals surface area (Å²) < 4.78 is 0. The van der Waals surface area contributed by atoms with Crippen LogP contribution in [0.4, 0.5) is 0 Å². The smallest absolute Gasteiger partial charge is 0.229 e. The summed E-state index contributed by atoms with van der Waals surface area (Å²) in [5.41, 5.74) is 0. The van der Waals surface area contributed by atoms with Gasteiger partial charge in [-0.25, -0.2) is 0 Å². The van der Waals surface area contributed by atoms with E-state index in [1.807, 2.05) is 0 Å². The van der Waals surface area contributed by atoms with E-state index >= 15 is 0 Å². The summed E-state index contributed by atoms with van der Waals surface area (Å²) in [6, 6.07) is 0. The molecule has 7 nitrogen and oxygen atoms in total. The van der Waals surface area contributed by atoms with Crippen LogP contribution in [0, 0.1) is 0 Å². The van der Waals surface area contributed by atoms with Crippen molar-refractivity contribution in [2.45, 2.75) is 121 Å². The van der Waals surface area contributed by atoms with E-state index < -0.39 is 42.6 Å². The van der Waals surface area contributed by atoms with Crippen LogP contribution in [0.3, 0.4) is 0 Å². The minimum Gasteiger partial charge on any atom is -0.394 e. The van der Waals surface area contributed by atoms with Crippen molar-refractivity contribution in [3.05, 3.63) is 12.2 Å². The normalized spacial score (nSPS) is 15.7. The van der Waals surface area contributed by atoms with Crippen molar-refractivity contribution in [1.29, 1.82) is 0 Å². The average Bonchev–Trinajstić information content (AvgIpc) is 2.78. The molecule has 0 amide bonds. The summed E-state index contributed by atoms with van der Waals surface area (Å²) in [6.07, 6.45) is 11.2. The van der Waals surface area contributed by atoms with Gasteiger partial charge in [0.05, 0.1) is 6.61 Å². The molecule has 0 aromatic heterocycles. The largest absolute Gasteiger partial charge is 0.394 e. The fourth-order valence-electron chi connectivity index (χ4n) is 3.32. The van der Waals surface area contributed by atoms with Gasteiger partial charge >= 0.3 is 0 Å². The second kappa shape index (κ2) is 19.6. The standard InChI is InChI=1S/C24H44O7/c1-2-3-4-5-6-7-8-9-10-11-12-13-14-15-16-17-19(26)21(28)23(30)24(31)22(29)20(27)18-25/h9-10,20,22-25,27,29-31H,2-8,11-18H2,1H3/b10-9-/t20-,22+,23-,24-/m0/s1. The van der Waals surface area contributed by atoms with Crippen molar-refractivity contribution in [1.82, 2.24) is 0 Å². The second-order valence-electron chi connectivity index (χ2n) is 8.30. The van der Waals surface area contributed by atoms with E-state index in [1.165, 1.54) is 38.5 Å². The van der Waals surface area contributed by atoms with E-state index in [4.69, 9.17) is 5.11 Å². The number of Topliss-reactive ketones (excluding diaryl/α,β-unsaturated/α-hetero) is 2. The Morgan fingerprint density at radius 1 is 0.710 bits per heavy atom. The van der Waals surface area contributed by atoms with Crippen molar-refractivity contribution < 1.29 is 35.1 Å². The molecule has 0 saturated heterocycles. The molecule has 0 aromatic carbocycles. The highest BCUT2D eigenvalue weighted by molar-refractivity contribution is 6.38. The van der Waals surface area contributed by atoms with Gasteiger partial charge in [-0.1, -0.05) is 70.4 Å². The number of hydrogen-bond acceptors (Lipinski definition) is 7. The number of ketones is 2. The van der Waals surface area contributed by atoms with Crippen LogP contribution in [0.2, 0.25) is 0 Å². The van der Waals surface area contributed by atoms with E-state index in [2.05, 4.69) is 19.1 Å². The van der Waals surface area contributed by atoms with Crippen LogP contribution in [0.15, 0.2) is 12.2 Å². The molecule has 0 heterocycles. The molecule has 182 valence electrons. The quantitative estimate of drug-likeness (QED) is 0.104. The summed E-state index contributed by atoms with van der Waals surface area (Å²) in [5, 5.41) is 46.9. The van der Waals surface area contributed by atoms with Gasteiger partial charge in [0.2, 0.25) is 11.6 Å². The zero-order chi connectivity index (χ0) is 23.5. The van der Waals surface area contributed by atoms with Gasteiger partial charge in [-0.2, -0.15) is 0 Å². The molecule has 31 heavy (non-hydrogen) atoms. The maximum Gasteiger partial charge on any atom is 0.229 e. The summed E-state index contributed by atoms with van der Waals surface area (Å²) in [5.74, 6) is -2.00. The van der Waals surface area contributed by atoms with Crippen LogP contribution in [-0.4, -0.2) is 68.1 Å². The highest BCUT2D eigenvalue weighted by Gasteiger charge is 2.36. The maximum absolute atomic E-state index is 11.9. The molecule has 0 spiro atoms. The Kier molecular flexibility index (Phi) is 18.9. The minimum atomic E-state index is -2.12. The van der Waals surface area contributed by atoms with Gasteiger partial charge in [0.25, 0.3) is 0 Å². The molecule has 0 rings (SSSR count). The molecule has 0 fully saturated rings. The maximum atomic E-state index is 11.9. The van der Waals surface area contributed by atoms with Crippen molar-refractivity contribution in [3.63, 3.8) is 0 Å². The Hall–Kier alpha value is -1.12. The predicted octanol–water partition coefficient (Wildman–Crippen LogP) is 2.60. The second-order valence-corrected chi connectivity index (χ2v) is 8.30. The van der Waals surface area contributed by atoms with Gasteiger partial charge in [0.15, 0.2) is 0 Å². The zero-order valence-corrected chi connectivity index (χ0v) is 19.1. The molecular formula is C24H44O7. The summed E-state index contributed by atoms with van der Waals surface area (Å²) in [6.45, 7) is 1.38. The molecule has 7 heteroatoms. The molecule has 0 aliphatic carbocycles. The first kappa shape index (κ1) is 29.9. The number of aliphatic hydroxyl groups excluding tert-OH is 5. The van der Waals surface area contributed by atoms with Crippen LogP contribution < -0.4 is 0 Å². The number of rotatable bonds is 21. The number of carbonyl (C=O) groups excluding carboxylic acids is 2. The molecular weight excluding hydrogens is 400 g/mol. The van der Waals surface area contributed by atoms with Crippen LogP contribution in [0.5, 0.6) is 0 Å². The molecule has 0 aliphatic rings. The lowest BCUT2D eigenvalue weighted by Crippen LogP contribution is -2.50. The number of carbonyl (C=O) groups is 2. The van der Waals surface area contributed by atoms with Gasteiger partial charge < -0.3 is 25.5 Å². The molecule has 0 bridgehead atoms. The predicted molar refractivity (Wildman–Crippen MR) is 121 cm³/mol. The molecule has 4 atom stereocenters. The number of allylic oxidation sites excluding steroid dienone is 2. The molecule has 0 aliphatic heterocycles. The molecule has 0 aromatic rings.